The first-order valence-corrected chi connectivity index (χ1v) is 3.55. The molecule has 0 fully saturated rings. The third kappa shape index (κ3) is 2.82. The highest BCUT2D eigenvalue weighted by molar-refractivity contribution is 5.81. The van der Waals surface area contributed by atoms with Gasteiger partial charge in [0.2, 0.25) is 0 Å². The Morgan fingerprint density at radius 1 is 1.60 bits per heavy atom. The van der Waals surface area contributed by atoms with Crippen LogP contribution in [0.4, 0.5) is 0 Å². The van der Waals surface area contributed by atoms with Crippen molar-refractivity contribution in [3.63, 3.8) is 0 Å². The summed E-state index contributed by atoms with van der Waals surface area (Å²) < 4.78 is 5.22. The van der Waals surface area contributed by atoms with Crippen LogP contribution in [0.3, 0.4) is 0 Å². The molecule has 0 aliphatic carbocycles. The normalized spacial score (nSPS) is 13.6. The van der Waals surface area contributed by atoms with Gasteiger partial charge in [-0.2, -0.15) is 0 Å². The van der Waals surface area contributed by atoms with Gasteiger partial charge in [0.25, 0.3) is 0 Å². The molecule has 0 rings (SSSR count). The van der Waals surface area contributed by atoms with Crippen LogP contribution in [0.25, 0.3) is 0 Å². The van der Waals surface area contributed by atoms with Crippen molar-refractivity contribution in [2.24, 2.45) is 11.7 Å². The molecule has 0 aliphatic rings. The maximum Gasteiger partial charge on any atom is 0.121 e. The minimum Gasteiger partial charge on any atom is -0.385 e. The Kier molecular flexibility index (Phi) is 4.03. The summed E-state index contributed by atoms with van der Waals surface area (Å²) in [5.41, 5.74) is 5.28. The fourth-order valence-corrected chi connectivity index (χ4v) is 0.821. The van der Waals surface area contributed by atoms with E-state index in [1.807, 2.05) is 20.8 Å². The van der Waals surface area contributed by atoms with Gasteiger partial charge >= 0.3 is 0 Å². The summed E-state index contributed by atoms with van der Waals surface area (Å²) in [6.45, 7) is 6.49. The lowest BCUT2D eigenvalue weighted by atomic mass is 10.1. The van der Waals surface area contributed by atoms with E-state index in [0.717, 1.165) is 0 Å². The van der Waals surface area contributed by atoms with Crippen molar-refractivity contribution in [2.75, 3.05) is 6.61 Å². The molecule has 1 unspecified atom stereocenters. The number of nitrogens with one attached hydrogen (secondary N) is 1. The monoisotopic (exact) mass is 144 g/mol. The molecule has 3 heteroatoms. The van der Waals surface area contributed by atoms with E-state index in [4.69, 9.17) is 15.9 Å². The molecule has 0 radical (unpaired) electrons. The summed E-state index contributed by atoms with van der Waals surface area (Å²) in [7, 11) is 0. The van der Waals surface area contributed by atoms with Gasteiger partial charge in [0.15, 0.2) is 0 Å². The van der Waals surface area contributed by atoms with Gasteiger partial charge in [-0.3, -0.25) is 5.41 Å². The zero-order valence-electron chi connectivity index (χ0n) is 6.85. The van der Waals surface area contributed by atoms with Crippen LogP contribution in [-0.4, -0.2) is 18.5 Å². The minimum atomic E-state index is -0.204. The number of hydrogen-bond donors (Lipinski definition) is 2. The Labute approximate surface area is 62.1 Å². The standard InChI is InChI=1S/C7H16N2O/c1-4-10-6(5(2)3)7(8)9/h5-6H,4H2,1-3H3,(H3,8,9). The first-order chi connectivity index (χ1) is 4.59. The molecule has 3 nitrogen and oxygen atoms in total. The molecule has 0 aromatic carbocycles. The smallest absolute Gasteiger partial charge is 0.121 e. The maximum atomic E-state index is 7.14. The molecule has 10 heavy (non-hydrogen) atoms. The molecular formula is C7H16N2O. The van der Waals surface area contributed by atoms with Crippen molar-refractivity contribution in [3.8, 4) is 0 Å². The quantitative estimate of drug-likeness (QED) is 0.456. The van der Waals surface area contributed by atoms with E-state index in [1.165, 1.54) is 0 Å². The predicted octanol–water partition coefficient (Wildman–Crippen LogP) is 0.983. The van der Waals surface area contributed by atoms with E-state index in [9.17, 15) is 0 Å². The fourth-order valence-electron chi connectivity index (χ4n) is 0.821. The molecule has 0 aromatic rings. The van der Waals surface area contributed by atoms with Gasteiger partial charge in [0.05, 0.1) is 0 Å². The number of ether oxygens (including phenoxy) is 1. The van der Waals surface area contributed by atoms with Crippen LogP contribution in [0.5, 0.6) is 0 Å². The number of hydrogen-bond acceptors (Lipinski definition) is 2. The van der Waals surface area contributed by atoms with Gasteiger partial charge in [0.1, 0.15) is 11.9 Å². The number of rotatable bonds is 4. The van der Waals surface area contributed by atoms with Crippen molar-refractivity contribution in [1.29, 1.82) is 5.41 Å². The van der Waals surface area contributed by atoms with Crippen molar-refractivity contribution < 1.29 is 4.74 Å². The molecule has 0 saturated heterocycles. The van der Waals surface area contributed by atoms with Crippen LogP contribution in [0.2, 0.25) is 0 Å². The number of nitrogens with two attached hydrogens (primary N) is 1. The lowest BCUT2D eigenvalue weighted by Gasteiger charge is -2.18. The summed E-state index contributed by atoms with van der Waals surface area (Å²) in [5, 5.41) is 7.14. The molecule has 60 valence electrons. The highest BCUT2D eigenvalue weighted by atomic mass is 16.5. The first kappa shape index (κ1) is 9.43. The van der Waals surface area contributed by atoms with E-state index < -0.39 is 0 Å². The molecule has 0 amide bonds. The average molecular weight is 144 g/mol. The molecular weight excluding hydrogens is 128 g/mol. The highest BCUT2D eigenvalue weighted by Crippen LogP contribution is 2.05. The molecule has 0 heterocycles. The van der Waals surface area contributed by atoms with E-state index in [2.05, 4.69) is 0 Å². The average Bonchev–Trinajstić information content (AvgIpc) is 1.81. The van der Waals surface area contributed by atoms with E-state index >= 15 is 0 Å². The lowest BCUT2D eigenvalue weighted by Crippen LogP contribution is -2.34. The second kappa shape index (κ2) is 4.28. The van der Waals surface area contributed by atoms with E-state index in [0.29, 0.717) is 6.61 Å². The summed E-state index contributed by atoms with van der Waals surface area (Å²) >= 11 is 0. The Morgan fingerprint density at radius 3 is 2.20 bits per heavy atom. The van der Waals surface area contributed by atoms with Gasteiger partial charge in [-0.05, 0) is 12.8 Å². The molecule has 0 bridgehead atoms. The molecule has 0 aliphatic heterocycles. The van der Waals surface area contributed by atoms with Gasteiger partial charge < -0.3 is 10.5 Å². The Bertz CT molecular complexity index is 112. The largest absolute Gasteiger partial charge is 0.385 e. The van der Waals surface area contributed by atoms with Gasteiger partial charge in [-0.15, -0.1) is 0 Å². The maximum absolute atomic E-state index is 7.14. The van der Waals surface area contributed by atoms with E-state index in [-0.39, 0.29) is 17.9 Å². The summed E-state index contributed by atoms with van der Waals surface area (Å²) in [6.07, 6.45) is -0.204. The zero-order valence-corrected chi connectivity index (χ0v) is 6.85. The molecule has 0 spiro atoms. The highest BCUT2D eigenvalue weighted by Gasteiger charge is 2.15. The van der Waals surface area contributed by atoms with Crippen LogP contribution in [0.15, 0.2) is 0 Å². The first-order valence-electron chi connectivity index (χ1n) is 3.55. The molecule has 3 N–H and O–H groups in total. The second-order valence-corrected chi connectivity index (χ2v) is 2.58. The lowest BCUT2D eigenvalue weighted by molar-refractivity contribution is 0.0769. The summed E-state index contributed by atoms with van der Waals surface area (Å²) in [4.78, 5) is 0. The van der Waals surface area contributed by atoms with Crippen LogP contribution in [-0.2, 0) is 4.74 Å². The van der Waals surface area contributed by atoms with Crippen molar-refractivity contribution in [2.45, 2.75) is 26.9 Å². The van der Waals surface area contributed by atoms with Crippen LogP contribution < -0.4 is 5.73 Å². The summed E-state index contributed by atoms with van der Waals surface area (Å²) in [6, 6.07) is 0. The predicted molar refractivity (Wildman–Crippen MR) is 42.2 cm³/mol. The third-order valence-electron chi connectivity index (χ3n) is 1.26. The minimum absolute atomic E-state index is 0.122. The fraction of sp³-hybridized carbons (Fsp3) is 0.857. The molecule has 0 saturated carbocycles. The number of amidine groups is 1. The zero-order chi connectivity index (χ0) is 8.15. The van der Waals surface area contributed by atoms with Crippen molar-refractivity contribution >= 4 is 5.84 Å². The van der Waals surface area contributed by atoms with Gasteiger partial charge in [-0.1, -0.05) is 13.8 Å². The topological polar surface area (TPSA) is 59.1 Å². The molecule has 1 atom stereocenters. The van der Waals surface area contributed by atoms with Crippen molar-refractivity contribution in [3.05, 3.63) is 0 Å². The van der Waals surface area contributed by atoms with E-state index in [1.54, 1.807) is 0 Å². The molecule has 0 aromatic heterocycles. The Morgan fingerprint density at radius 2 is 2.10 bits per heavy atom. The van der Waals surface area contributed by atoms with Crippen molar-refractivity contribution in [1.82, 2.24) is 0 Å². The third-order valence-corrected chi connectivity index (χ3v) is 1.26. The second-order valence-electron chi connectivity index (χ2n) is 2.58. The SMILES string of the molecule is CCOC(C(=N)N)C(C)C. The van der Waals surface area contributed by atoms with Gasteiger partial charge in [0, 0.05) is 6.61 Å². The Balaban J connectivity index is 3.85. The summed E-state index contributed by atoms with van der Waals surface area (Å²) in [5.74, 6) is 0.411. The Hall–Kier alpha value is -0.570. The van der Waals surface area contributed by atoms with Crippen LogP contribution in [0, 0.1) is 11.3 Å². The van der Waals surface area contributed by atoms with Gasteiger partial charge in [-0.25, -0.2) is 0 Å². The van der Waals surface area contributed by atoms with Crippen LogP contribution >= 0.6 is 0 Å². The van der Waals surface area contributed by atoms with Crippen LogP contribution in [0.1, 0.15) is 20.8 Å².